The van der Waals surface area contributed by atoms with E-state index in [-0.39, 0.29) is 13.2 Å². The molecule has 0 unspecified atom stereocenters. The smallest absolute Gasteiger partial charge is 0.344 e. The van der Waals surface area contributed by atoms with E-state index in [0.29, 0.717) is 24.7 Å². The van der Waals surface area contributed by atoms with Crippen LogP contribution in [0.15, 0.2) is 36.4 Å². The van der Waals surface area contributed by atoms with Crippen molar-refractivity contribution in [2.45, 2.75) is 66.2 Å². The molecule has 0 atom stereocenters. The van der Waals surface area contributed by atoms with Gasteiger partial charge in [0.25, 0.3) is 0 Å². The number of aryl methyl sites for hydroxylation is 2. The summed E-state index contributed by atoms with van der Waals surface area (Å²) in [5.41, 5.74) is 2.27. The van der Waals surface area contributed by atoms with Crippen molar-refractivity contribution < 1.29 is 28.5 Å². The zero-order chi connectivity index (χ0) is 25.9. The number of hydrogen-bond acceptors (Lipinski definition) is 6. The molecule has 0 saturated heterocycles. The van der Waals surface area contributed by atoms with E-state index in [2.05, 4.69) is 26.0 Å². The molecule has 6 nitrogen and oxygen atoms in total. The van der Waals surface area contributed by atoms with Crippen LogP contribution in [-0.4, -0.2) is 38.4 Å². The standard InChI is InChI=1S/C30H38O6/c1-5-9-15-33-27(31)19-35-29-23-13-11-21(7-3)17-25(23)30(36-20-28(32)34-16-10-6-2)26-18-22(8-4)12-14-24(26)29/h11-14,17-18H,5-10,15-16,19-20H2,1-4H3. The molecule has 194 valence electrons. The van der Waals surface area contributed by atoms with Gasteiger partial charge in [0.2, 0.25) is 0 Å². The number of esters is 2. The minimum absolute atomic E-state index is 0.176. The van der Waals surface area contributed by atoms with Gasteiger partial charge in [0.05, 0.1) is 13.2 Å². The molecule has 3 aromatic carbocycles. The second kappa shape index (κ2) is 13.7. The molecule has 0 aromatic heterocycles. The number of ether oxygens (including phenoxy) is 4. The maximum atomic E-state index is 12.3. The van der Waals surface area contributed by atoms with Crippen LogP contribution in [0.4, 0.5) is 0 Å². The summed E-state index contributed by atoms with van der Waals surface area (Å²) in [4.78, 5) is 24.6. The molecule has 0 aliphatic heterocycles. The van der Waals surface area contributed by atoms with Gasteiger partial charge >= 0.3 is 11.9 Å². The minimum atomic E-state index is -0.393. The van der Waals surface area contributed by atoms with Crippen LogP contribution in [0.1, 0.15) is 64.5 Å². The largest absolute Gasteiger partial charge is 0.481 e. The first kappa shape index (κ1) is 27.3. The summed E-state index contributed by atoms with van der Waals surface area (Å²) in [5.74, 6) is 0.444. The molecule has 0 amide bonds. The lowest BCUT2D eigenvalue weighted by Gasteiger charge is -2.19. The van der Waals surface area contributed by atoms with Crippen LogP contribution in [0.25, 0.3) is 21.5 Å². The van der Waals surface area contributed by atoms with Crippen molar-refractivity contribution in [2.24, 2.45) is 0 Å². The van der Waals surface area contributed by atoms with Crippen molar-refractivity contribution in [3.8, 4) is 11.5 Å². The third kappa shape index (κ3) is 6.90. The molecule has 0 aliphatic rings. The molecular formula is C30H38O6. The Morgan fingerprint density at radius 2 is 1.03 bits per heavy atom. The topological polar surface area (TPSA) is 71.1 Å². The highest BCUT2D eigenvalue weighted by Crippen LogP contribution is 2.43. The molecule has 0 heterocycles. The van der Waals surface area contributed by atoms with Gasteiger partial charge in [-0.15, -0.1) is 0 Å². The fourth-order valence-corrected chi connectivity index (χ4v) is 4.00. The lowest BCUT2D eigenvalue weighted by molar-refractivity contribution is -0.146. The zero-order valence-electron chi connectivity index (χ0n) is 22.0. The Balaban J connectivity index is 2.05. The summed E-state index contributed by atoms with van der Waals surface area (Å²) >= 11 is 0. The Hall–Kier alpha value is -3.28. The Labute approximate surface area is 213 Å². The second-order valence-electron chi connectivity index (χ2n) is 8.85. The van der Waals surface area contributed by atoms with Gasteiger partial charge in [-0.3, -0.25) is 0 Å². The molecule has 0 N–H and O–H groups in total. The normalized spacial score (nSPS) is 11.0. The van der Waals surface area contributed by atoms with Gasteiger partial charge < -0.3 is 18.9 Å². The molecular weight excluding hydrogens is 456 g/mol. The molecule has 0 radical (unpaired) electrons. The monoisotopic (exact) mass is 494 g/mol. The second-order valence-corrected chi connectivity index (χ2v) is 8.85. The first-order chi connectivity index (χ1) is 17.5. The van der Waals surface area contributed by atoms with Crippen molar-refractivity contribution >= 4 is 33.5 Å². The van der Waals surface area contributed by atoms with E-state index in [9.17, 15) is 9.59 Å². The molecule has 0 fully saturated rings. The van der Waals surface area contributed by atoms with Crippen molar-refractivity contribution in [3.63, 3.8) is 0 Å². The predicted molar refractivity (Wildman–Crippen MR) is 143 cm³/mol. The first-order valence-electron chi connectivity index (χ1n) is 13.1. The van der Waals surface area contributed by atoms with Crippen molar-refractivity contribution in [2.75, 3.05) is 26.4 Å². The van der Waals surface area contributed by atoms with Gasteiger partial charge in [-0.05, 0) is 48.9 Å². The van der Waals surface area contributed by atoms with Crippen LogP contribution < -0.4 is 9.47 Å². The lowest BCUT2D eigenvalue weighted by atomic mass is 9.96. The van der Waals surface area contributed by atoms with E-state index in [1.165, 1.54) is 0 Å². The Bertz CT molecular complexity index is 1120. The van der Waals surface area contributed by atoms with E-state index < -0.39 is 11.9 Å². The number of carbonyl (C=O) groups is 2. The molecule has 3 aromatic rings. The molecule has 36 heavy (non-hydrogen) atoms. The maximum absolute atomic E-state index is 12.3. The zero-order valence-corrected chi connectivity index (χ0v) is 22.0. The summed E-state index contributed by atoms with van der Waals surface area (Å²) in [6.07, 6.45) is 5.25. The molecule has 0 bridgehead atoms. The Kier molecular flexibility index (Phi) is 10.4. The average Bonchev–Trinajstić information content (AvgIpc) is 2.90. The third-order valence-electron chi connectivity index (χ3n) is 6.15. The van der Waals surface area contributed by atoms with Gasteiger partial charge in [-0.1, -0.05) is 64.8 Å². The van der Waals surface area contributed by atoms with Gasteiger partial charge in [0, 0.05) is 21.5 Å². The van der Waals surface area contributed by atoms with Crippen LogP contribution in [0, 0.1) is 0 Å². The van der Waals surface area contributed by atoms with Gasteiger partial charge in [-0.2, -0.15) is 0 Å². The maximum Gasteiger partial charge on any atom is 0.344 e. The number of benzene rings is 3. The summed E-state index contributed by atoms with van der Waals surface area (Å²) in [6, 6.07) is 12.2. The minimum Gasteiger partial charge on any atom is -0.481 e. The fourth-order valence-electron chi connectivity index (χ4n) is 4.00. The summed E-state index contributed by atoms with van der Waals surface area (Å²) < 4.78 is 22.8. The molecule has 3 rings (SSSR count). The summed E-state index contributed by atoms with van der Waals surface area (Å²) in [7, 11) is 0. The van der Waals surface area contributed by atoms with Crippen LogP contribution in [-0.2, 0) is 31.9 Å². The summed E-state index contributed by atoms with van der Waals surface area (Å²) in [6.45, 7) is 8.70. The average molecular weight is 495 g/mol. The number of rotatable bonds is 14. The van der Waals surface area contributed by atoms with Gasteiger partial charge in [0.15, 0.2) is 13.2 Å². The number of carbonyl (C=O) groups excluding carboxylic acids is 2. The van der Waals surface area contributed by atoms with E-state index in [4.69, 9.17) is 18.9 Å². The predicted octanol–water partition coefficient (Wildman–Crippen LogP) is 6.56. The van der Waals surface area contributed by atoms with E-state index in [1.54, 1.807) is 0 Å². The van der Waals surface area contributed by atoms with Crippen molar-refractivity contribution in [1.82, 2.24) is 0 Å². The highest BCUT2D eigenvalue weighted by Gasteiger charge is 2.19. The highest BCUT2D eigenvalue weighted by atomic mass is 16.6. The quantitative estimate of drug-likeness (QED) is 0.144. The van der Waals surface area contributed by atoms with Crippen LogP contribution in [0.3, 0.4) is 0 Å². The lowest BCUT2D eigenvalue weighted by Crippen LogP contribution is -2.17. The number of unbranched alkanes of at least 4 members (excludes halogenated alkanes) is 2. The Morgan fingerprint density at radius 1 is 0.611 bits per heavy atom. The van der Waals surface area contributed by atoms with E-state index in [1.807, 2.05) is 38.1 Å². The van der Waals surface area contributed by atoms with Crippen molar-refractivity contribution in [3.05, 3.63) is 47.5 Å². The van der Waals surface area contributed by atoms with E-state index in [0.717, 1.165) is 71.2 Å². The van der Waals surface area contributed by atoms with Crippen LogP contribution >= 0.6 is 0 Å². The third-order valence-corrected chi connectivity index (χ3v) is 6.15. The first-order valence-corrected chi connectivity index (χ1v) is 13.1. The number of hydrogen-bond donors (Lipinski definition) is 0. The van der Waals surface area contributed by atoms with Gasteiger partial charge in [-0.25, -0.2) is 9.59 Å². The number of fused-ring (bicyclic) bond motifs is 2. The molecule has 6 heteroatoms. The highest BCUT2D eigenvalue weighted by molar-refractivity contribution is 6.11. The summed E-state index contributed by atoms with van der Waals surface area (Å²) in [5, 5.41) is 3.32. The van der Waals surface area contributed by atoms with Crippen LogP contribution in [0.2, 0.25) is 0 Å². The SMILES string of the molecule is CCCCOC(=O)COc1c2ccc(CC)cc2c(OCC(=O)OCCCC)c2cc(CC)ccc12. The van der Waals surface area contributed by atoms with Crippen LogP contribution in [0.5, 0.6) is 11.5 Å². The van der Waals surface area contributed by atoms with Crippen molar-refractivity contribution in [1.29, 1.82) is 0 Å². The Morgan fingerprint density at radius 3 is 1.42 bits per heavy atom. The molecule has 0 aliphatic carbocycles. The van der Waals surface area contributed by atoms with Gasteiger partial charge in [0.1, 0.15) is 11.5 Å². The van der Waals surface area contributed by atoms with E-state index >= 15 is 0 Å². The fraction of sp³-hybridized carbons (Fsp3) is 0.467. The molecule has 0 saturated carbocycles. The molecule has 0 spiro atoms.